The second-order valence-corrected chi connectivity index (χ2v) is 5.75. The maximum Gasteiger partial charge on any atom is 0.433 e. The molecule has 0 unspecified atom stereocenters. The second-order valence-electron chi connectivity index (χ2n) is 4.81. The number of halogens is 4. The molecule has 0 atom stereocenters. The lowest BCUT2D eigenvalue weighted by molar-refractivity contribution is -0.141. The first-order chi connectivity index (χ1) is 11.4. The van der Waals surface area contributed by atoms with Gasteiger partial charge >= 0.3 is 6.18 Å². The molecule has 0 aliphatic heterocycles. The topological polar surface area (TPSA) is 38.9 Å². The molecule has 0 spiro atoms. The van der Waals surface area contributed by atoms with Crippen LogP contribution in [0.25, 0.3) is 11.5 Å². The molecule has 3 aromatic rings. The zero-order valence-electron chi connectivity index (χ0n) is 12.0. The van der Waals surface area contributed by atoms with E-state index in [1.807, 2.05) is 0 Å². The molecule has 3 nitrogen and oxygen atoms in total. The first-order valence-electron chi connectivity index (χ1n) is 6.79. The largest absolute Gasteiger partial charge is 0.463 e. The quantitative estimate of drug-likeness (QED) is 0.367. The molecule has 0 radical (unpaired) electrons. The Balaban J connectivity index is 1.88. The Bertz CT molecular complexity index is 817. The fourth-order valence-corrected chi connectivity index (χ4v) is 2.73. The molecule has 1 aromatic carbocycles. The van der Waals surface area contributed by atoms with E-state index in [1.165, 1.54) is 24.5 Å². The van der Waals surface area contributed by atoms with Gasteiger partial charge in [0.05, 0.1) is 6.26 Å². The number of furan rings is 1. The molecule has 2 heterocycles. The van der Waals surface area contributed by atoms with Gasteiger partial charge in [-0.2, -0.15) is 13.2 Å². The number of aromatic nitrogens is 2. The predicted molar refractivity (Wildman–Crippen MR) is 80.7 cm³/mol. The normalized spacial score (nSPS) is 11.7. The summed E-state index contributed by atoms with van der Waals surface area (Å²) >= 11 is 1.03. The Morgan fingerprint density at radius 2 is 1.79 bits per heavy atom. The van der Waals surface area contributed by atoms with Crippen LogP contribution in [0.1, 0.15) is 11.3 Å². The molecule has 0 fully saturated rings. The van der Waals surface area contributed by atoms with E-state index in [0.29, 0.717) is 5.75 Å². The van der Waals surface area contributed by atoms with E-state index in [9.17, 15) is 17.6 Å². The fourth-order valence-electron chi connectivity index (χ4n) is 1.91. The summed E-state index contributed by atoms with van der Waals surface area (Å²) in [6, 6.07) is 9.63. The monoisotopic (exact) mass is 354 g/mol. The molecule has 0 saturated heterocycles. The maximum atomic E-state index is 13.0. The highest BCUT2D eigenvalue weighted by Crippen LogP contribution is 2.32. The molecule has 24 heavy (non-hydrogen) atoms. The zero-order chi connectivity index (χ0) is 17.2. The van der Waals surface area contributed by atoms with Crippen LogP contribution in [0.4, 0.5) is 17.6 Å². The van der Waals surface area contributed by atoms with Gasteiger partial charge < -0.3 is 4.42 Å². The van der Waals surface area contributed by atoms with Gasteiger partial charge in [-0.05, 0) is 35.9 Å². The molecule has 0 aliphatic carbocycles. The summed E-state index contributed by atoms with van der Waals surface area (Å²) in [7, 11) is 0. The van der Waals surface area contributed by atoms with Gasteiger partial charge in [0.2, 0.25) is 0 Å². The van der Waals surface area contributed by atoms with E-state index in [-0.39, 0.29) is 22.4 Å². The summed E-state index contributed by atoms with van der Waals surface area (Å²) in [5, 5.41) is -0.0273. The average Bonchev–Trinajstić information content (AvgIpc) is 3.08. The lowest BCUT2D eigenvalue weighted by atomic mass is 10.2. The predicted octanol–water partition coefficient (Wildman–Crippen LogP) is 5.19. The van der Waals surface area contributed by atoms with Crippen molar-refractivity contribution in [3.8, 4) is 11.5 Å². The lowest BCUT2D eigenvalue weighted by Gasteiger charge is -2.09. The first-order valence-corrected chi connectivity index (χ1v) is 7.78. The van der Waals surface area contributed by atoms with E-state index in [0.717, 1.165) is 23.4 Å². The summed E-state index contributed by atoms with van der Waals surface area (Å²) in [6.07, 6.45) is -3.23. The molecular formula is C16H10F4N2OS. The summed E-state index contributed by atoms with van der Waals surface area (Å²) < 4.78 is 57.1. The molecule has 2 aromatic heterocycles. The van der Waals surface area contributed by atoms with Crippen LogP contribution in [0, 0.1) is 5.82 Å². The van der Waals surface area contributed by atoms with Crippen LogP contribution in [-0.4, -0.2) is 9.97 Å². The summed E-state index contributed by atoms with van der Waals surface area (Å²) in [4.78, 5) is 7.66. The highest BCUT2D eigenvalue weighted by molar-refractivity contribution is 7.98. The van der Waals surface area contributed by atoms with Crippen molar-refractivity contribution < 1.29 is 22.0 Å². The van der Waals surface area contributed by atoms with Gasteiger partial charge in [-0.15, -0.1) is 0 Å². The van der Waals surface area contributed by atoms with Crippen LogP contribution in [0.3, 0.4) is 0 Å². The van der Waals surface area contributed by atoms with Crippen molar-refractivity contribution in [1.29, 1.82) is 0 Å². The van der Waals surface area contributed by atoms with Gasteiger partial charge in [0.15, 0.2) is 10.9 Å². The Labute approximate surface area is 138 Å². The van der Waals surface area contributed by atoms with Crippen LogP contribution < -0.4 is 0 Å². The van der Waals surface area contributed by atoms with Crippen molar-refractivity contribution in [3.05, 3.63) is 65.8 Å². The third kappa shape index (κ3) is 3.94. The Hall–Kier alpha value is -2.35. The fraction of sp³-hybridized carbons (Fsp3) is 0.125. The molecular weight excluding hydrogens is 344 g/mol. The minimum absolute atomic E-state index is 0.0273. The van der Waals surface area contributed by atoms with Crippen LogP contribution in [0.5, 0.6) is 0 Å². The van der Waals surface area contributed by atoms with E-state index in [2.05, 4.69) is 9.97 Å². The minimum atomic E-state index is -4.59. The summed E-state index contributed by atoms with van der Waals surface area (Å²) in [5.74, 6) is 0.171. The van der Waals surface area contributed by atoms with Crippen molar-refractivity contribution in [2.24, 2.45) is 0 Å². The number of hydrogen-bond acceptors (Lipinski definition) is 4. The molecule has 0 aliphatic rings. The average molecular weight is 354 g/mol. The standard InChI is InChI=1S/C16H10F4N2OS/c17-11-5-3-10(4-6-11)9-24-15-21-12(13-2-1-7-23-13)8-14(22-15)16(18,19)20/h1-8H,9H2. The van der Waals surface area contributed by atoms with Crippen molar-refractivity contribution in [2.75, 3.05) is 0 Å². The number of alkyl halides is 3. The Morgan fingerprint density at radius 1 is 1.04 bits per heavy atom. The molecule has 8 heteroatoms. The van der Waals surface area contributed by atoms with Crippen LogP contribution >= 0.6 is 11.8 Å². The van der Waals surface area contributed by atoms with Gasteiger partial charge in [-0.1, -0.05) is 23.9 Å². The van der Waals surface area contributed by atoms with Gasteiger partial charge in [-0.25, -0.2) is 14.4 Å². The van der Waals surface area contributed by atoms with Crippen LogP contribution in [-0.2, 0) is 11.9 Å². The van der Waals surface area contributed by atoms with Crippen molar-refractivity contribution in [1.82, 2.24) is 9.97 Å². The first kappa shape index (κ1) is 16.5. The van der Waals surface area contributed by atoms with Crippen molar-refractivity contribution >= 4 is 11.8 Å². The third-order valence-electron chi connectivity index (χ3n) is 3.05. The molecule has 124 valence electrons. The zero-order valence-corrected chi connectivity index (χ0v) is 12.9. The van der Waals surface area contributed by atoms with Crippen LogP contribution in [0.2, 0.25) is 0 Å². The molecule has 0 amide bonds. The molecule has 3 rings (SSSR count). The Morgan fingerprint density at radius 3 is 2.42 bits per heavy atom. The number of thioether (sulfide) groups is 1. The Kier molecular flexibility index (Phi) is 4.57. The smallest absolute Gasteiger partial charge is 0.433 e. The van der Waals surface area contributed by atoms with Gasteiger partial charge in [0, 0.05) is 5.75 Å². The summed E-state index contributed by atoms with van der Waals surface area (Å²) in [5.41, 5.74) is -0.226. The minimum Gasteiger partial charge on any atom is -0.463 e. The third-order valence-corrected chi connectivity index (χ3v) is 3.97. The van der Waals surface area contributed by atoms with Gasteiger partial charge in [-0.3, -0.25) is 0 Å². The van der Waals surface area contributed by atoms with E-state index in [4.69, 9.17) is 4.42 Å². The second kappa shape index (κ2) is 6.64. The van der Waals surface area contributed by atoms with Crippen molar-refractivity contribution in [3.63, 3.8) is 0 Å². The SMILES string of the molecule is Fc1ccc(CSc2nc(-c3ccco3)cc(C(F)(F)F)n2)cc1. The van der Waals surface area contributed by atoms with E-state index in [1.54, 1.807) is 18.2 Å². The van der Waals surface area contributed by atoms with E-state index >= 15 is 0 Å². The molecule has 0 saturated carbocycles. The van der Waals surface area contributed by atoms with E-state index < -0.39 is 11.9 Å². The highest BCUT2D eigenvalue weighted by atomic mass is 32.2. The number of rotatable bonds is 4. The number of benzene rings is 1. The molecule has 0 bridgehead atoms. The molecule has 0 N–H and O–H groups in total. The van der Waals surface area contributed by atoms with Gasteiger partial charge in [0.25, 0.3) is 0 Å². The van der Waals surface area contributed by atoms with Crippen molar-refractivity contribution in [2.45, 2.75) is 17.1 Å². The lowest BCUT2D eigenvalue weighted by Crippen LogP contribution is -2.10. The maximum absolute atomic E-state index is 13.0. The highest BCUT2D eigenvalue weighted by Gasteiger charge is 2.34. The summed E-state index contributed by atoms with van der Waals surface area (Å²) in [6.45, 7) is 0. The number of nitrogens with zero attached hydrogens (tertiary/aromatic N) is 2. The number of hydrogen-bond donors (Lipinski definition) is 0. The van der Waals surface area contributed by atoms with Gasteiger partial charge in [0.1, 0.15) is 17.2 Å². The van der Waals surface area contributed by atoms with Crippen LogP contribution in [0.15, 0.2) is 58.3 Å².